The second kappa shape index (κ2) is 7.09. The highest BCUT2D eigenvalue weighted by Crippen LogP contribution is 2.29. The van der Waals surface area contributed by atoms with Gasteiger partial charge >= 0.3 is 0 Å². The van der Waals surface area contributed by atoms with Crippen LogP contribution in [-0.4, -0.2) is 18.3 Å². The molecule has 0 aliphatic carbocycles. The van der Waals surface area contributed by atoms with Gasteiger partial charge < -0.3 is 15.6 Å². The van der Waals surface area contributed by atoms with Gasteiger partial charge in [-0.1, -0.05) is 18.2 Å². The third kappa shape index (κ3) is 3.95. The van der Waals surface area contributed by atoms with E-state index in [1.54, 1.807) is 18.2 Å². The van der Waals surface area contributed by atoms with E-state index in [0.717, 1.165) is 11.1 Å². The lowest BCUT2D eigenvalue weighted by Gasteiger charge is -2.16. The molecule has 3 N–H and O–H groups in total. The summed E-state index contributed by atoms with van der Waals surface area (Å²) in [6.07, 6.45) is 0.667. The number of aromatic hydroxyl groups is 1. The first-order valence-corrected chi connectivity index (χ1v) is 7.04. The minimum atomic E-state index is -0.258. The number of phenolic OH excluding ortho intramolecular Hbond substituents is 1. The van der Waals surface area contributed by atoms with Crippen LogP contribution in [0.2, 0.25) is 0 Å². The van der Waals surface area contributed by atoms with Crippen molar-refractivity contribution >= 4 is 0 Å². The first-order valence-electron chi connectivity index (χ1n) is 7.04. The maximum atomic E-state index is 13.3. The number of benzene rings is 2. The van der Waals surface area contributed by atoms with Crippen molar-refractivity contribution in [3.8, 4) is 11.5 Å². The molecule has 0 bridgehead atoms. The quantitative estimate of drug-likeness (QED) is 0.858. The predicted octanol–water partition coefficient (Wildman–Crippen LogP) is 3.22. The number of ether oxygens (including phenoxy) is 1. The molecule has 21 heavy (non-hydrogen) atoms. The highest BCUT2D eigenvalue weighted by atomic mass is 19.1. The summed E-state index contributed by atoms with van der Waals surface area (Å²) in [7, 11) is 0. The molecule has 0 aliphatic heterocycles. The van der Waals surface area contributed by atoms with E-state index in [2.05, 4.69) is 0 Å². The second-order valence-corrected chi connectivity index (χ2v) is 4.93. The molecule has 2 rings (SSSR count). The molecule has 0 radical (unpaired) electrons. The minimum Gasteiger partial charge on any atom is -0.504 e. The van der Waals surface area contributed by atoms with Crippen LogP contribution < -0.4 is 10.5 Å². The zero-order chi connectivity index (χ0) is 15.2. The maximum absolute atomic E-state index is 13.3. The van der Waals surface area contributed by atoms with Crippen LogP contribution in [0.4, 0.5) is 4.39 Å². The van der Waals surface area contributed by atoms with Crippen molar-refractivity contribution in [3.05, 3.63) is 59.4 Å². The average Bonchev–Trinajstić information content (AvgIpc) is 2.48. The standard InChI is InChI=1S/C17H20FNO2/c1-2-21-17-9-12(6-7-16(17)20)8-14(11-19)13-4-3-5-15(18)10-13/h3-7,9-10,14,20H,2,8,11,19H2,1H3. The van der Waals surface area contributed by atoms with Gasteiger partial charge in [0, 0.05) is 5.92 Å². The van der Waals surface area contributed by atoms with E-state index < -0.39 is 0 Å². The van der Waals surface area contributed by atoms with Crippen molar-refractivity contribution in [2.45, 2.75) is 19.3 Å². The van der Waals surface area contributed by atoms with Gasteiger partial charge in [0.15, 0.2) is 11.5 Å². The molecule has 2 aromatic carbocycles. The van der Waals surface area contributed by atoms with E-state index >= 15 is 0 Å². The summed E-state index contributed by atoms with van der Waals surface area (Å²) in [4.78, 5) is 0. The van der Waals surface area contributed by atoms with Crippen LogP contribution in [0.25, 0.3) is 0 Å². The predicted molar refractivity (Wildman–Crippen MR) is 81.2 cm³/mol. The van der Waals surface area contributed by atoms with Gasteiger partial charge in [-0.3, -0.25) is 0 Å². The highest BCUT2D eigenvalue weighted by Gasteiger charge is 2.13. The fraction of sp³-hybridized carbons (Fsp3) is 0.294. The monoisotopic (exact) mass is 289 g/mol. The molecule has 0 saturated heterocycles. The lowest BCUT2D eigenvalue weighted by molar-refractivity contribution is 0.317. The maximum Gasteiger partial charge on any atom is 0.161 e. The molecule has 112 valence electrons. The van der Waals surface area contributed by atoms with Gasteiger partial charge in [0.2, 0.25) is 0 Å². The van der Waals surface area contributed by atoms with Crippen molar-refractivity contribution in [2.24, 2.45) is 5.73 Å². The Kier molecular flexibility index (Phi) is 5.17. The Morgan fingerprint density at radius 3 is 2.71 bits per heavy atom. The third-order valence-corrected chi connectivity index (χ3v) is 3.41. The molecule has 4 heteroatoms. The van der Waals surface area contributed by atoms with Crippen LogP contribution in [0, 0.1) is 5.82 Å². The van der Waals surface area contributed by atoms with E-state index in [1.807, 2.05) is 19.1 Å². The molecule has 0 aliphatic rings. The largest absolute Gasteiger partial charge is 0.504 e. The molecular formula is C17H20FNO2. The van der Waals surface area contributed by atoms with Gasteiger partial charge in [-0.15, -0.1) is 0 Å². The van der Waals surface area contributed by atoms with E-state index in [9.17, 15) is 9.50 Å². The zero-order valence-corrected chi connectivity index (χ0v) is 12.1. The molecule has 0 saturated carbocycles. The Hall–Kier alpha value is -2.07. The number of phenols is 1. The van der Waals surface area contributed by atoms with Crippen LogP contribution in [0.15, 0.2) is 42.5 Å². The molecule has 0 amide bonds. The molecular weight excluding hydrogens is 269 g/mol. The number of hydrogen-bond donors (Lipinski definition) is 2. The van der Waals surface area contributed by atoms with E-state index in [0.29, 0.717) is 25.3 Å². The van der Waals surface area contributed by atoms with Gasteiger partial charge in [0.25, 0.3) is 0 Å². The lowest BCUT2D eigenvalue weighted by atomic mass is 9.92. The summed E-state index contributed by atoms with van der Waals surface area (Å²) in [5.41, 5.74) is 7.70. The summed E-state index contributed by atoms with van der Waals surface area (Å²) < 4.78 is 18.7. The zero-order valence-electron chi connectivity index (χ0n) is 12.1. The van der Waals surface area contributed by atoms with Gasteiger partial charge in [-0.25, -0.2) is 4.39 Å². The Morgan fingerprint density at radius 1 is 1.24 bits per heavy atom. The summed E-state index contributed by atoms with van der Waals surface area (Å²) in [6.45, 7) is 2.77. The summed E-state index contributed by atoms with van der Waals surface area (Å²) >= 11 is 0. The number of hydrogen-bond acceptors (Lipinski definition) is 3. The Balaban J connectivity index is 2.20. The van der Waals surface area contributed by atoms with Crippen LogP contribution >= 0.6 is 0 Å². The Morgan fingerprint density at radius 2 is 2.05 bits per heavy atom. The minimum absolute atomic E-state index is 0.0275. The summed E-state index contributed by atoms with van der Waals surface area (Å²) in [5, 5.41) is 9.71. The van der Waals surface area contributed by atoms with Crippen molar-refractivity contribution in [3.63, 3.8) is 0 Å². The van der Waals surface area contributed by atoms with Gasteiger partial charge in [-0.2, -0.15) is 0 Å². The summed E-state index contributed by atoms with van der Waals surface area (Å²) in [6, 6.07) is 11.8. The second-order valence-electron chi connectivity index (χ2n) is 4.93. The molecule has 2 aromatic rings. The van der Waals surface area contributed by atoms with E-state index in [4.69, 9.17) is 10.5 Å². The normalized spacial score (nSPS) is 12.1. The van der Waals surface area contributed by atoms with Crippen LogP contribution in [-0.2, 0) is 6.42 Å². The van der Waals surface area contributed by atoms with Gasteiger partial charge in [0.05, 0.1) is 6.61 Å². The molecule has 3 nitrogen and oxygen atoms in total. The first-order chi connectivity index (χ1) is 10.1. The molecule has 1 atom stereocenters. The lowest BCUT2D eigenvalue weighted by Crippen LogP contribution is -2.15. The fourth-order valence-corrected chi connectivity index (χ4v) is 2.34. The third-order valence-electron chi connectivity index (χ3n) is 3.41. The molecule has 0 spiro atoms. The summed E-state index contributed by atoms with van der Waals surface area (Å²) in [5.74, 6) is 0.354. The Labute approximate surface area is 124 Å². The molecule has 1 unspecified atom stereocenters. The van der Waals surface area contributed by atoms with E-state index in [-0.39, 0.29) is 17.5 Å². The number of halogens is 1. The highest BCUT2D eigenvalue weighted by molar-refractivity contribution is 5.42. The Bertz CT molecular complexity index is 601. The van der Waals surface area contributed by atoms with Crippen LogP contribution in [0.5, 0.6) is 11.5 Å². The first kappa shape index (κ1) is 15.3. The van der Waals surface area contributed by atoms with Crippen LogP contribution in [0.1, 0.15) is 24.0 Å². The molecule has 0 heterocycles. The average molecular weight is 289 g/mol. The smallest absolute Gasteiger partial charge is 0.161 e. The topological polar surface area (TPSA) is 55.5 Å². The van der Waals surface area contributed by atoms with Crippen molar-refractivity contribution in [1.82, 2.24) is 0 Å². The molecule has 0 fully saturated rings. The van der Waals surface area contributed by atoms with Crippen molar-refractivity contribution in [2.75, 3.05) is 13.2 Å². The number of rotatable bonds is 6. The van der Waals surface area contributed by atoms with Crippen LogP contribution in [0.3, 0.4) is 0 Å². The fourth-order valence-electron chi connectivity index (χ4n) is 2.34. The molecule has 0 aromatic heterocycles. The van der Waals surface area contributed by atoms with E-state index in [1.165, 1.54) is 12.1 Å². The number of nitrogens with two attached hydrogens (primary N) is 1. The SMILES string of the molecule is CCOc1cc(CC(CN)c2cccc(F)c2)ccc1O. The van der Waals surface area contributed by atoms with Crippen molar-refractivity contribution < 1.29 is 14.2 Å². The van der Waals surface area contributed by atoms with Gasteiger partial charge in [-0.05, 0) is 55.3 Å². The van der Waals surface area contributed by atoms with Gasteiger partial charge in [0.1, 0.15) is 5.82 Å². The van der Waals surface area contributed by atoms with Crippen molar-refractivity contribution in [1.29, 1.82) is 0 Å².